The van der Waals surface area contributed by atoms with Crippen molar-refractivity contribution in [1.82, 2.24) is 20.0 Å². The van der Waals surface area contributed by atoms with Crippen LogP contribution in [-0.4, -0.2) is 33.1 Å². The van der Waals surface area contributed by atoms with Crippen molar-refractivity contribution >= 4 is 5.97 Å². The lowest BCUT2D eigenvalue weighted by molar-refractivity contribution is 0.0599. The lowest BCUT2D eigenvalue weighted by atomic mass is 10.1. The van der Waals surface area contributed by atoms with Gasteiger partial charge in [0.05, 0.1) is 18.4 Å². The van der Waals surface area contributed by atoms with Crippen molar-refractivity contribution < 1.29 is 9.53 Å². The lowest BCUT2D eigenvalue weighted by Gasteiger charge is -2.00. The molecule has 2 atom stereocenters. The molecule has 0 amide bonds. The summed E-state index contributed by atoms with van der Waals surface area (Å²) in [5.74, 6) is 0.364. The van der Waals surface area contributed by atoms with E-state index in [0.29, 0.717) is 17.4 Å². The number of rotatable bonds is 3. The molecule has 1 fully saturated rings. The number of methoxy groups -OCH3 is 1. The summed E-state index contributed by atoms with van der Waals surface area (Å²) >= 11 is 0. The van der Waals surface area contributed by atoms with Crippen LogP contribution in [0.5, 0.6) is 0 Å². The number of carbonyl (C=O) groups excluding carboxylic acids is 1. The van der Waals surface area contributed by atoms with Crippen molar-refractivity contribution in [3.8, 4) is 0 Å². The van der Waals surface area contributed by atoms with Crippen LogP contribution < -0.4 is 0 Å². The minimum atomic E-state index is -0.295. The summed E-state index contributed by atoms with van der Waals surface area (Å²) < 4.78 is 6.46. The fourth-order valence-electron chi connectivity index (χ4n) is 2.35. The number of ether oxygens (including phenoxy) is 1. The van der Waals surface area contributed by atoms with E-state index in [-0.39, 0.29) is 5.97 Å². The standard InChI is InChI=1S/C12H14N4O2/c1-16-6-10(14-15-16)8-5-9(8)11-7(3-4-13-11)12(17)18-2/h3-4,6,8-9,13H,5H2,1-2H3/t8-,9-/m1/s1. The largest absolute Gasteiger partial charge is 0.465 e. The molecular formula is C12H14N4O2. The number of aromatic nitrogens is 4. The molecule has 1 saturated carbocycles. The number of aryl methyl sites for hydroxylation is 1. The molecule has 0 aromatic carbocycles. The maximum absolute atomic E-state index is 11.6. The van der Waals surface area contributed by atoms with Gasteiger partial charge in [-0.2, -0.15) is 0 Å². The van der Waals surface area contributed by atoms with Gasteiger partial charge in [-0.1, -0.05) is 5.21 Å². The molecule has 0 aliphatic heterocycles. The van der Waals surface area contributed by atoms with Crippen LogP contribution in [0.3, 0.4) is 0 Å². The minimum absolute atomic E-state index is 0.295. The Balaban J connectivity index is 1.82. The average Bonchev–Trinajstić information content (AvgIpc) is 2.82. The smallest absolute Gasteiger partial charge is 0.339 e. The molecule has 2 aromatic rings. The van der Waals surface area contributed by atoms with Crippen LogP contribution in [0.15, 0.2) is 18.5 Å². The molecule has 2 heterocycles. The second kappa shape index (κ2) is 3.97. The SMILES string of the molecule is COC(=O)c1cc[nH]c1[C@@H]1C[C@H]1c1cn(C)nn1. The van der Waals surface area contributed by atoms with Crippen molar-refractivity contribution in [2.45, 2.75) is 18.3 Å². The molecule has 6 nitrogen and oxygen atoms in total. The van der Waals surface area contributed by atoms with Crippen LogP contribution in [0, 0.1) is 0 Å². The van der Waals surface area contributed by atoms with E-state index in [1.54, 1.807) is 16.9 Å². The molecule has 0 spiro atoms. The Morgan fingerprint density at radius 3 is 3.06 bits per heavy atom. The van der Waals surface area contributed by atoms with Gasteiger partial charge in [-0.15, -0.1) is 5.10 Å². The Labute approximate surface area is 104 Å². The zero-order valence-electron chi connectivity index (χ0n) is 10.3. The van der Waals surface area contributed by atoms with Gasteiger partial charge in [-0.05, 0) is 12.5 Å². The number of hydrogen-bond donors (Lipinski definition) is 1. The predicted octanol–water partition coefficient (Wildman–Crippen LogP) is 1.20. The van der Waals surface area contributed by atoms with Crippen LogP contribution in [-0.2, 0) is 11.8 Å². The van der Waals surface area contributed by atoms with E-state index in [2.05, 4.69) is 15.3 Å². The Kier molecular flexibility index (Phi) is 2.43. The first kappa shape index (κ1) is 11.0. The highest BCUT2D eigenvalue weighted by Gasteiger charge is 2.44. The molecule has 0 radical (unpaired) electrons. The molecule has 18 heavy (non-hydrogen) atoms. The van der Waals surface area contributed by atoms with Crippen molar-refractivity contribution in [3.05, 3.63) is 35.4 Å². The summed E-state index contributed by atoms with van der Waals surface area (Å²) in [6, 6.07) is 1.76. The number of nitrogens with zero attached hydrogens (tertiary/aromatic N) is 3. The van der Waals surface area contributed by atoms with Gasteiger partial charge in [-0.3, -0.25) is 4.68 Å². The highest BCUT2D eigenvalue weighted by atomic mass is 16.5. The highest BCUT2D eigenvalue weighted by molar-refractivity contribution is 5.91. The quantitative estimate of drug-likeness (QED) is 0.826. The van der Waals surface area contributed by atoms with Gasteiger partial charge in [0.15, 0.2) is 0 Å². The molecule has 2 aromatic heterocycles. The number of esters is 1. The van der Waals surface area contributed by atoms with Crippen LogP contribution >= 0.6 is 0 Å². The summed E-state index contributed by atoms with van der Waals surface area (Å²) in [4.78, 5) is 14.7. The fourth-order valence-corrected chi connectivity index (χ4v) is 2.35. The molecule has 94 valence electrons. The number of H-pyrrole nitrogens is 1. The first-order valence-electron chi connectivity index (χ1n) is 5.82. The van der Waals surface area contributed by atoms with Crippen LogP contribution in [0.4, 0.5) is 0 Å². The highest BCUT2D eigenvalue weighted by Crippen LogP contribution is 2.54. The summed E-state index contributed by atoms with van der Waals surface area (Å²) in [7, 11) is 3.24. The first-order valence-corrected chi connectivity index (χ1v) is 5.82. The third-order valence-electron chi connectivity index (χ3n) is 3.35. The average molecular weight is 246 g/mol. The van der Waals surface area contributed by atoms with E-state index in [4.69, 9.17) is 4.74 Å². The number of nitrogens with one attached hydrogen (secondary N) is 1. The van der Waals surface area contributed by atoms with E-state index in [1.807, 2.05) is 13.2 Å². The second-order valence-electron chi connectivity index (χ2n) is 4.56. The van der Waals surface area contributed by atoms with Crippen molar-refractivity contribution in [2.75, 3.05) is 7.11 Å². The lowest BCUT2D eigenvalue weighted by Crippen LogP contribution is -2.03. The first-order chi connectivity index (χ1) is 8.70. The Morgan fingerprint density at radius 1 is 1.56 bits per heavy atom. The molecular weight excluding hydrogens is 232 g/mol. The van der Waals surface area contributed by atoms with Crippen molar-refractivity contribution in [1.29, 1.82) is 0 Å². The Bertz CT molecular complexity index is 586. The minimum Gasteiger partial charge on any atom is -0.465 e. The number of carbonyl (C=O) groups is 1. The van der Waals surface area contributed by atoms with Gasteiger partial charge in [0.2, 0.25) is 0 Å². The maximum atomic E-state index is 11.6. The summed E-state index contributed by atoms with van der Waals surface area (Å²) in [5, 5.41) is 8.05. The van der Waals surface area contributed by atoms with Crippen molar-refractivity contribution in [2.24, 2.45) is 7.05 Å². The zero-order chi connectivity index (χ0) is 12.7. The topological polar surface area (TPSA) is 72.8 Å². The van der Waals surface area contributed by atoms with Gasteiger partial charge in [-0.25, -0.2) is 4.79 Å². The van der Waals surface area contributed by atoms with Gasteiger partial charge in [0, 0.05) is 37.0 Å². The monoisotopic (exact) mass is 246 g/mol. The fraction of sp³-hybridized carbons (Fsp3) is 0.417. The predicted molar refractivity (Wildman–Crippen MR) is 63.2 cm³/mol. The summed E-state index contributed by atoms with van der Waals surface area (Å²) in [6.07, 6.45) is 4.68. The Morgan fingerprint density at radius 2 is 2.39 bits per heavy atom. The third-order valence-corrected chi connectivity index (χ3v) is 3.35. The molecule has 0 saturated heterocycles. The normalized spacial score (nSPS) is 21.9. The van der Waals surface area contributed by atoms with E-state index in [9.17, 15) is 4.79 Å². The van der Waals surface area contributed by atoms with Gasteiger partial charge >= 0.3 is 5.97 Å². The zero-order valence-corrected chi connectivity index (χ0v) is 10.3. The maximum Gasteiger partial charge on any atom is 0.339 e. The van der Waals surface area contributed by atoms with Gasteiger partial charge < -0.3 is 9.72 Å². The molecule has 1 aliphatic rings. The molecule has 1 N–H and O–H groups in total. The molecule has 3 rings (SSSR count). The number of aromatic amines is 1. The second-order valence-corrected chi connectivity index (χ2v) is 4.56. The van der Waals surface area contributed by atoms with Crippen LogP contribution in [0.2, 0.25) is 0 Å². The summed E-state index contributed by atoms with van der Waals surface area (Å²) in [6.45, 7) is 0. The molecule has 0 bridgehead atoms. The van der Waals surface area contributed by atoms with E-state index in [0.717, 1.165) is 17.8 Å². The van der Waals surface area contributed by atoms with Gasteiger partial charge in [0.1, 0.15) is 0 Å². The third kappa shape index (κ3) is 1.70. The van der Waals surface area contributed by atoms with E-state index >= 15 is 0 Å². The number of hydrogen-bond acceptors (Lipinski definition) is 4. The van der Waals surface area contributed by atoms with Crippen molar-refractivity contribution in [3.63, 3.8) is 0 Å². The summed E-state index contributed by atoms with van der Waals surface area (Å²) in [5.41, 5.74) is 2.54. The Hall–Kier alpha value is -2.11. The molecule has 6 heteroatoms. The molecule has 0 unspecified atom stereocenters. The van der Waals surface area contributed by atoms with E-state index < -0.39 is 0 Å². The van der Waals surface area contributed by atoms with E-state index in [1.165, 1.54) is 7.11 Å². The van der Waals surface area contributed by atoms with Crippen LogP contribution in [0.1, 0.15) is 40.0 Å². The van der Waals surface area contributed by atoms with Gasteiger partial charge in [0.25, 0.3) is 0 Å². The van der Waals surface area contributed by atoms with Crippen LogP contribution in [0.25, 0.3) is 0 Å². The molecule has 1 aliphatic carbocycles.